The van der Waals surface area contributed by atoms with E-state index in [0.717, 1.165) is 30.6 Å². The summed E-state index contributed by atoms with van der Waals surface area (Å²) in [5.74, 6) is 0.162. The molecule has 1 saturated carbocycles. The number of nitrogens with one attached hydrogen (secondary N) is 1. The minimum atomic E-state index is -0.490. The fraction of sp³-hybridized carbons (Fsp3) is 0.423. The monoisotopic (exact) mass is 403 g/mol. The van der Waals surface area contributed by atoms with Crippen molar-refractivity contribution in [3.05, 3.63) is 66.4 Å². The van der Waals surface area contributed by atoms with Gasteiger partial charge in [0.15, 0.2) is 11.6 Å². The van der Waals surface area contributed by atoms with Crippen LogP contribution in [-0.2, 0) is 14.3 Å². The molecule has 0 aromatic heterocycles. The molecule has 30 heavy (non-hydrogen) atoms. The lowest BCUT2D eigenvalue weighted by Gasteiger charge is -2.52. The van der Waals surface area contributed by atoms with Crippen molar-refractivity contribution in [2.75, 3.05) is 18.5 Å². The van der Waals surface area contributed by atoms with E-state index in [9.17, 15) is 4.79 Å². The summed E-state index contributed by atoms with van der Waals surface area (Å²) in [7, 11) is 0. The van der Waals surface area contributed by atoms with Crippen molar-refractivity contribution in [1.82, 2.24) is 0 Å². The highest BCUT2D eigenvalue weighted by Gasteiger charge is 2.58. The molecular formula is C26H29NO3. The summed E-state index contributed by atoms with van der Waals surface area (Å²) in [6.45, 7) is 5.63. The fourth-order valence-electron chi connectivity index (χ4n) is 5.61. The summed E-state index contributed by atoms with van der Waals surface area (Å²) in [4.78, 5) is 13.5. The van der Waals surface area contributed by atoms with E-state index < -0.39 is 5.79 Å². The number of carbonyl (C=O) groups excluding carboxylic acids is 1. The zero-order valence-corrected chi connectivity index (χ0v) is 17.7. The second-order valence-corrected chi connectivity index (χ2v) is 9.07. The van der Waals surface area contributed by atoms with Crippen LogP contribution in [0.4, 0.5) is 5.69 Å². The maximum Gasteiger partial charge on any atom is 0.184 e. The molecule has 3 aliphatic rings. The smallest absolute Gasteiger partial charge is 0.184 e. The van der Waals surface area contributed by atoms with Gasteiger partial charge in [0.2, 0.25) is 0 Å². The Bertz CT molecular complexity index is 960. The summed E-state index contributed by atoms with van der Waals surface area (Å²) in [6, 6.07) is 18.6. The van der Waals surface area contributed by atoms with E-state index in [1.165, 1.54) is 11.1 Å². The zero-order chi connectivity index (χ0) is 20.8. The van der Waals surface area contributed by atoms with Gasteiger partial charge in [-0.25, -0.2) is 0 Å². The molecular weight excluding hydrogens is 374 g/mol. The minimum Gasteiger partial charge on any atom is -0.353 e. The first kappa shape index (κ1) is 19.5. The summed E-state index contributed by atoms with van der Waals surface area (Å²) in [5, 5.41) is 3.39. The number of ketones is 1. The fourth-order valence-corrected chi connectivity index (χ4v) is 5.61. The van der Waals surface area contributed by atoms with Crippen LogP contribution in [0.25, 0.3) is 11.1 Å². The Labute approximate surface area is 178 Å². The van der Waals surface area contributed by atoms with Gasteiger partial charge in [-0.05, 0) is 42.0 Å². The van der Waals surface area contributed by atoms with E-state index in [-0.39, 0.29) is 23.0 Å². The molecule has 5 rings (SSSR count). The Hall–Kier alpha value is -2.43. The minimum absolute atomic E-state index is 0.200. The molecule has 3 atom stereocenters. The van der Waals surface area contributed by atoms with E-state index in [4.69, 9.17) is 9.47 Å². The third kappa shape index (κ3) is 3.10. The van der Waals surface area contributed by atoms with Crippen molar-refractivity contribution in [3.63, 3.8) is 0 Å². The van der Waals surface area contributed by atoms with E-state index in [0.29, 0.717) is 13.2 Å². The van der Waals surface area contributed by atoms with Crippen LogP contribution in [-0.4, -0.2) is 24.8 Å². The van der Waals surface area contributed by atoms with Gasteiger partial charge in [-0.1, -0.05) is 62.4 Å². The average Bonchev–Trinajstić information content (AvgIpc) is 3.26. The van der Waals surface area contributed by atoms with E-state index in [1.54, 1.807) is 0 Å². The van der Waals surface area contributed by atoms with Gasteiger partial charge in [-0.2, -0.15) is 0 Å². The van der Waals surface area contributed by atoms with Crippen LogP contribution in [0.15, 0.2) is 66.4 Å². The van der Waals surface area contributed by atoms with Crippen LogP contribution in [0.2, 0.25) is 0 Å². The predicted octanol–water partition coefficient (Wildman–Crippen LogP) is 5.42. The Balaban J connectivity index is 1.35. The van der Waals surface area contributed by atoms with Crippen LogP contribution in [0.5, 0.6) is 0 Å². The lowest BCUT2D eigenvalue weighted by molar-refractivity contribution is -0.239. The molecule has 1 aliphatic heterocycles. The quantitative estimate of drug-likeness (QED) is 0.744. The van der Waals surface area contributed by atoms with Crippen molar-refractivity contribution >= 4 is 11.5 Å². The Morgan fingerprint density at radius 2 is 1.60 bits per heavy atom. The van der Waals surface area contributed by atoms with Gasteiger partial charge < -0.3 is 14.8 Å². The molecule has 0 radical (unpaired) electrons. The number of anilines is 1. The van der Waals surface area contributed by atoms with E-state index >= 15 is 0 Å². The molecule has 2 fully saturated rings. The molecule has 1 spiro atoms. The largest absolute Gasteiger partial charge is 0.353 e. The first-order valence-electron chi connectivity index (χ1n) is 11.0. The van der Waals surface area contributed by atoms with Gasteiger partial charge in [0, 0.05) is 23.4 Å². The summed E-state index contributed by atoms with van der Waals surface area (Å²) in [5.41, 5.74) is 3.65. The van der Waals surface area contributed by atoms with Gasteiger partial charge >= 0.3 is 0 Å². The topological polar surface area (TPSA) is 47.6 Å². The number of ether oxygens (including phenoxy) is 2. The molecule has 0 unspecified atom stereocenters. The normalized spacial score (nSPS) is 30.1. The van der Waals surface area contributed by atoms with Crippen LogP contribution in [0.1, 0.15) is 33.1 Å². The standard InChI is InChI=1S/C26H29NO3/c1-18-22-12-13-23(24(28)25(22,2)14-15-26(18)29-16-17-30-26)27-21-10-8-20(9-11-21)19-6-4-3-5-7-19/h3-11,13,18,22,27H,12,14-17H2,1-2H3/t18-,22-,25-/m0/s1. The number of carbonyl (C=O) groups is 1. The number of allylic oxidation sites excluding steroid dienone is 2. The lowest BCUT2D eigenvalue weighted by Crippen LogP contribution is -2.56. The molecule has 1 saturated heterocycles. The third-order valence-electron chi connectivity index (χ3n) is 7.49. The highest BCUT2D eigenvalue weighted by Crippen LogP contribution is 2.55. The summed E-state index contributed by atoms with van der Waals surface area (Å²) >= 11 is 0. The molecule has 2 aromatic rings. The van der Waals surface area contributed by atoms with Crippen LogP contribution < -0.4 is 5.32 Å². The highest BCUT2D eigenvalue weighted by atomic mass is 16.7. The maximum atomic E-state index is 13.5. The van der Waals surface area contributed by atoms with E-state index in [1.807, 2.05) is 30.3 Å². The summed E-state index contributed by atoms with van der Waals surface area (Å²) < 4.78 is 12.0. The molecule has 2 aliphatic carbocycles. The molecule has 1 heterocycles. The molecule has 0 amide bonds. The molecule has 1 N–H and O–H groups in total. The van der Waals surface area contributed by atoms with Crippen molar-refractivity contribution in [2.45, 2.75) is 38.9 Å². The number of hydrogen-bond donors (Lipinski definition) is 1. The first-order valence-corrected chi connectivity index (χ1v) is 11.0. The number of hydrogen-bond acceptors (Lipinski definition) is 4. The Morgan fingerprint density at radius 3 is 2.30 bits per heavy atom. The van der Waals surface area contributed by atoms with Crippen LogP contribution in [0.3, 0.4) is 0 Å². The van der Waals surface area contributed by atoms with Gasteiger partial charge in [0.25, 0.3) is 0 Å². The Morgan fingerprint density at radius 1 is 0.933 bits per heavy atom. The van der Waals surface area contributed by atoms with Gasteiger partial charge in [-0.3, -0.25) is 4.79 Å². The number of rotatable bonds is 3. The summed E-state index contributed by atoms with van der Waals surface area (Å²) in [6.07, 6.45) is 4.52. The second kappa shape index (κ2) is 7.36. The van der Waals surface area contributed by atoms with Gasteiger partial charge in [0.05, 0.1) is 18.9 Å². The highest BCUT2D eigenvalue weighted by molar-refractivity contribution is 6.03. The van der Waals surface area contributed by atoms with Crippen LogP contribution in [0, 0.1) is 17.3 Å². The molecule has 0 bridgehead atoms. The van der Waals surface area contributed by atoms with Crippen molar-refractivity contribution < 1.29 is 14.3 Å². The Kier molecular flexibility index (Phi) is 4.79. The molecule has 4 heteroatoms. The predicted molar refractivity (Wildman–Crippen MR) is 118 cm³/mol. The maximum absolute atomic E-state index is 13.5. The third-order valence-corrected chi connectivity index (χ3v) is 7.49. The number of Topliss-reactive ketones (excluding diaryl/α,β-unsaturated/α-hetero) is 1. The zero-order valence-electron chi connectivity index (χ0n) is 17.7. The van der Waals surface area contributed by atoms with Crippen molar-refractivity contribution in [3.8, 4) is 11.1 Å². The molecule has 2 aromatic carbocycles. The first-order chi connectivity index (χ1) is 14.5. The van der Waals surface area contributed by atoms with Gasteiger partial charge in [-0.15, -0.1) is 0 Å². The number of fused-ring (bicyclic) bond motifs is 1. The van der Waals surface area contributed by atoms with Crippen molar-refractivity contribution in [2.24, 2.45) is 17.3 Å². The lowest BCUT2D eigenvalue weighted by atomic mass is 9.55. The second-order valence-electron chi connectivity index (χ2n) is 9.07. The number of benzene rings is 2. The van der Waals surface area contributed by atoms with Crippen LogP contribution >= 0.6 is 0 Å². The SMILES string of the molecule is C[C@H]1[C@@H]2CC=C(Nc3ccc(-c4ccccc4)cc3)C(=O)[C@@]2(C)CCC12OCCO2. The average molecular weight is 404 g/mol. The molecule has 4 nitrogen and oxygen atoms in total. The van der Waals surface area contributed by atoms with Crippen molar-refractivity contribution in [1.29, 1.82) is 0 Å². The van der Waals surface area contributed by atoms with E-state index in [2.05, 4.69) is 49.5 Å². The molecule has 156 valence electrons. The van der Waals surface area contributed by atoms with Gasteiger partial charge in [0.1, 0.15) is 0 Å².